The van der Waals surface area contributed by atoms with Crippen LogP contribution in [0.4, 0.5) is 4.79 Å². The highest BCUT2D eigenvalue weighted by atomic mass is 16.5. The highest BCUT2D eigenvalue weighted by molar-refractivity contribution is 5.74. The second-order valence-corrected chi connectivity index (χ2v) is 5.94. The van der Waals surface area contributed by atoms with E-state index in [1.807, 2.05) is 13.0 Å². The number of ether oxygens (including phenoxy) is 1. The Morgan fingerprint density at radius 2 is 2.24 bits per heavy atom. The quantitative estimate of drug-likeness (QED) is 0.877. The van der Waals surface area contributed by atoms with Crippen LogP contribution in [0.15, 0.2) is 24.3 Å². The number of fused-ring (bicyclic) bond motifs is 1. The first-order valence-electron chi connectivity index (χ1n) is 7.54. The molecule has 0 aromatic heterocycles. The molecule has 1 aromatic rings. The van der Waals surface area contributed by atoms with E-state index < -0.39 is 0 Å². The van der Waals surface area contributed by atoms with E-state index in [9.17, 15) is 9.90 Å². The summed E-state index contributed by atoms with van der Waals surface area (Å²) < 4.78 is 5.55. The zero-order chi connectivity index (χ0) is 14.8. The summed E-state index contributed by atoms with van der Waals surface area (Å²) in [6.45, 7) is 3.57. The molecule has 1 aliphatic carbocycles. The van der Waals surface area contributed by atoms with Crippen LogP contribution in [0.5, 0.6) is 0 Å². The minimum atomic E-state index is -0.274. The second-order valence-electron chi connectivity index (χ2n) is 5.94. The number of hydrogen-bond acceptors (Lipinski definition) is 3. The molecule has 3 rings (SSSR count). The first-order chi connectivity index (χ1) is 10.2. The first kappa shape index (κ1) is 14.4. The maximum Gasteiger partial charge on any atom is 0.317 e. The lowest BCUT2D eigenvalue weighted by atomic mass is 9.78. The lowest BCUT2D eigenvalue weighted by Gasteiger charge is -2.37. The standard InChI is InChI=1S/C16H22N2O3/c1-11-8-18(9-14(10-19)21-11)16(20)17-7-13-6-12-4-2-3-5-15(12)13/h2-5,11,13-14,19H,6-10H2,1H3,(H,17,20)/t11-,13-,14-/m1/s1. The third-order valence-corrected chi connectivity index (χ3v) is 4.28. The van der Waals surface area contributed by atoms with Crippen molar-refractivity contribution in [1.82, 2.24) is 10.2 Å². The van der Waals surface area contributed by atoms with Crippen LogP contribution in [0, 0.1) is 0 Å². The largest absolute Gasteiger partial charge is 0.394 e. The van der Waals surface area contributed by atoms with Crippen LogP contribution in [0.1, 0.15) is 24.0 Å². The van der Waals surface area contributed by atoms with E-state index in [2.05, 4.69) is 23.5 Å². The van der Waals surface area contributed by atoms with Crippen LogP contribution in [-0.2, 0) is 11.2 Å². The average molecular weight is 290 g/mol. The summed E-state index contributed by atoms with van der Waals surface area (Å²) in [6.07, 6.45) is 0.727. The van der Waals surface area contributed by atoms with Crippen molar-refractivity contribution in [3.63, 3.8) is 0 Å². The van der Waals surface area contributed by atoms with Crippen LogP contribution in [-0.4, -0.2) is 54.5 Å². The van der Waals surface area contributed by atoms with Gasteiger partial charge in [-0.05, 0) is 24.5 Å². The molecule has 5 heteroatoms. The van der Waals surface area contributed by atoms with Gasteiger partial charge in [0.2, 0.25) is 0 Å². The van der Waals surface area contributed by atoms with Crippen LogP contribution < -0.4 is 5.32 Å². The molecule has 1 aliphatic heterocycles. The van der Waals surface area contributed by atoms with Gasteiger partial charge in [-0.15, -0.1) is 0 Å². The van der Waals surface area contributed by atoms with E-state index in [0.29, 0.717) is 25.6 Å². The Morgan fingerprint density at radius 3 is 3.00 bits per heavy atom. The molecule has 21 heavy (non-hydrogen) atoms. The monoisotopic (exact) mass is 290 g/mol. The molecule has 0 spiro atoms. The van der Waals surface area contributed by atoms with Crippen molar-refractivity contribution in [3.05, 3.63) is 35.4 Å². The third-order valence-electron chi connectivity index (χ3n) is 4.28. The Hall–Kier alpha value is -1.59. The number of aliphatic hydroxyl groups excluding tert-OH is 1. The van der Waals surface area contributed by atoms with Gasteiger partial charge >= 0.3 is 6.03 Å². The normalized spacial score (nSPS) is 27.7. The minimum absolute atomic E-state index is 0.0360. The fourth-order valence-corrected chi connectivity index (χ4v) is 3.18. The molecule has 1 fully saturated rings. The van der Waals surface area contributed by atoms with Gasteiger partial charge < -0.3 is 20.1 Å². The number of nitrogens with one attached hydrogen (secondary N) is 1. The predicted molar refractivity (Wildman–Crippen MR) is 79.3 cm³/mol. The summed E-state index contributed by atoms with van der Waals surface area (Å²) in [6, 6.07) is 8.31. The van der Waals surface area contributed by atoms with E-state index in [-0.39, 0.29) is 24.8 Å². The van der Waals surface area contributed by atoms with Gasteiger partial charge in [0.25, 0.3) is 0 Å². The molecule has 1 saturated heterocycles. The van der Waals surface area contributed by atoms with Crippen molar-refractivity contribution in [2.75, 3.05) is 26.2 Å². The highest BCUT2D eigenvalue weighted by Crippen LogP contribution is 2.34. The number of morpholine rings is 1. The van der Waals surface area contributed by atoms with E-state index in [1.54, 1.807) is 4.90 Å². The van der Waals surface area contributed by atoms with Crippen molar-refractivity contribution in [3.8, 4) is 0 Å². The van der Waals surface area contributed by atoms with Crippen LogP contribution >= 0.6 is 0 Å². The number of amides is 2. The number of hydrogen-bond donors (Lipinski definition) is 2. The summed E-state index contributed by atoms with van der Waals surface area (Å²) >= 11 is 0. The molecule has 0 radical (unpaired) electrons. The van der Waals surface area contributed by atoms with Crippen molar-refractivity contribution in [1.29, 1.82) is 0 Å². The lowest BCUT2D eigenvalue weighted by molar-refractivity contribution is -0.0833. The molecular weight excluding hydrogens is 268 g/mol. The van der Waals surface area contributed by atoms with Gasteiger partial charge in [-0.3, -0.25) is 0 Å². The highest BCUT2D eigenvalue weighted by Gasteiger charge is 2.30. The molecular formula is C16H22N2O3. The predicted octanol–water partition coefficient (Wildman–Crippen LogP) is 1.12. The number of urea groups is 1. The van der Waals surface area contributed by atoms with E-state index in [4.69, 9.17) is 4.74 Å². The Balaban J connectivity index is 1.51. The van der Waals surface area contributed by atoms with E-state index in [1.165, 1.54) is 11.1 Å². The summed E-state index contributed by atoms with van der Waals surface area (Å²) in [4.78, 5) is 14.0. The van der Waals surface area contributed by atoms with Gasteiger partial charge in [0.15, 0.2) is 0 Å². The average Bonchev–Trinajstić information content (AvgIpc) is 2.47. The molecule has 2 amide bonds. The Morgan fingerprint density at radius 1 is 1.43 bits per heavy atom. The molecule has 5 nitrogen and oxygen atoms in total. The topological polar surface area (TPSA) is 61.8 Å². The third kappa shape index (κ3) is 3.04. The maximum absolute atomic E-state index is 12.2. The summed E-state index contributed by atoms with van der Waals surface area (Å²) in [5.74, 6) is 0.428. The molecule has 2 N–H and O–H groups in total. The minimum Gasteiger partial charge on any atom is -0.394 e. The Labute approximate surface area is 124 Å². The van der Waals surface area contributed by atoms with E-state index >= 15 is 0 Å². The Kier molecular flexibility index (Phi) is 4.12. The number of carbonyl (C=O) groups excluding carboxylic acids is 1. The number of carbonyl (C=O) groups is 1. The fourth-order valence-electron chi connectivity index (χ4n) is 3.18. The fraction of sp³-hybridized carbons (Fsp3) is 0.562. The van der Waals surface area contributed by atoms with Crippen molar-refractivity contribution >= 4 is 6.03 Å². The van der Waals surface area contributed by atoms with E-state index in [0.717, 1.165) is 6.42 Å². The lowest BCUT2D eigenvalue weighted by Crippen LogP contribution is -2.53. The number of nitrogens with zero attached hydrogens (tertiary/aromatic N) is 1. The van der Waals surface area contributed by atoms with Gasteiger partial charge in [-0.25, -0.2) is 4.79 Å². The molecule has 1 heterocycles. The van der Waals surface area contributed by atoms with Crippen molar-refractivity contribution in [2.45, 2.75) is 31.5 Å². The molecule has 0 bridgehead atoms. The summed E-state index contributed by atoms with van der Waals surface area (Å²) in [5, 5.41) is 12.2. The zero-order valence-corrected chi connectivity index (χ0v) is 12.3. The van der Waals surface area contributed by atoms with Gasteiger partial charge in [0.1, 0.15) is 0 Å². The summed E-state index contributed by atoms with van der Waals surface area (Å²) in [7, 11) is 0. The first-order valence-corrected chi connectivity index (χ1v) is 7.54. The van der Waals surface area contributed by atoms with Crippen LogP contribution in [0.25, 0.3) is 0 Å². The smallest absolute Gasteiger partial charge is 0.317 e. The van der Waals surface area contributed by atoms with Gasteiger partial charge in [-0.1, -0.05) is 24.3 Å². The van der Waals surface area contributed by atoms with Crippen LogP contribution in [0.3, 0.4) is 0 Å². The zero-order valence-electron chi connectivity index (χ0n) is 12.3. The molecule has 2 aliphatic rings. The van der Waals surface area contributed by atoms with Gasteiger partial charge in [0.05, 0.1) is 25.4 Å². The summed E-state index contributed by atoms with van der Waals surface area (Å²) in [5.41, 5.74) is 2.73. The number of benzene rings is 1. The van der Waals surface area contributed by atoms with Crippen molar-refractivity contribution < 1.29 is 14.6 Å². The molecule has 1 aromatic carbocycles. The number of aliphatic hydroxyl groups is 1. The maximum atomic E-state index is 12.2. The SMILES string of the molecule is C[C@@H]1CN(C(=O)NC[C@H]2Cc3ccccc32)C[C@H](CO)O1. The molecule has 114 valence electrons. The second kappa shape index (κ2) is 6.03. The van der Waals surface area contributed by atoms with Gasteiger partial charge in [-0.2, -0.15) is 0 Å². The van der Waals surface area contributed by atoms with Crippen LogP contribution in [0.2, 0.25) is 0 Å². The molecule has 0 saturated carbocycles. The van der Waals surface area contributed by atoms with Gasteiger partial charge in [0, 0.05) is 19.0 Å². The molecule has 3 atom stereocenters. The molecule has 0 unspecified atom stereocenters. The Bertz CT molecular complexity index is 520. The van der Waals surface area contributed by atoms with Crippen molar-refractivity contribution in [2.24, 2.45) is 0 Å². The number of rotatable bonds is 3.